The van der Waals surface area contributed by atoms with Crippen LogP contribution in [0.25, 0.3) is 0 Å². The van der Waals surface area contributed by atoms with Gasteiger partial charge >= 0.3 is 0 Å². The minimum absolute atomic E-state index is 0.131. The van der Waals surface area contributed by atoms with Gasteiger partial charge in [-0.1, -0.05) is 13.0 Å². The van der Waals surface area contributed by atoms with Gasteiger partial charge in [0.1, 0.15) is 11.5 Å². The monoisotopic (exact) mass is 373 g/mol. The van der Waals surface area contributed by atoms with Crippen LogP contribution in [0.15, 0.2) is 27.7 Å². The van der Waals surface area contributed by atoms with E-state index in [2.05, 4.69) is 11.4 Å². The Bertz CT molecular complexity index is 940. The lowest BCUT2D eigenvalue weighted by Gasteiger charge is -2.16. The van der Waals surface area contributed by atoms with Gasteiger partial charge in [-0.25, -0.2) is 8.42 Å². The van der Waals surface area contributed by atoms with Gasteiger partial charge in [0.15, 0.2) is 0 Å². The van der Waals surface area contributed by atoms with E-state index in [1.807, 2.05) is 6.92 Å². The molecule has 0 bridgehead atoms. The van der Waals surface area contributed by atoms with Crippen molar-refractivity contribution >= 4 is 21.4 Å². The molecule has 0 atom stereocenters. The van der Waals surface area contributed by atoms with E-state index in [0.29, 0.717) is 12.2 Å². The molecule has 0 saturated carbocycles. The largest absolute Gasteiger partial charge is 0.450 e. The normalized spacial score (nSPS) is 15.7. The summed E-state index contributed by atoms with van der Waals surface area (Å²) in [4.78, 5) is 12.5. The first-order chi connectivity index (χ1) is 12.5. The average Bonchev–Trinajstić information content (AvgIpc) is 3.33. The molecule has 0 aliphatic heterocycles. The highest BCUT2D eigenvalue weighted by atomic mass is 32.2. The molecule has 0 radical (unpaired) electrons. The Balaban J connectivity index is 1.58. The first-order valence-corrected chi connectivity index (χ1v) is 10.9. The summed E-state index contributed by atoms with van der Waals surface area (Å²) >= 11 is 0. The summed E-state index contributed by atoms with van der Waals surface area (Å²) in [5, 5.41) is 2.80. The van der Waals surface area contributed by atoms with Gasteiger partial charge in [0, 0.05) is 12.1 Å². The summed E-state index contributed by atoms with van der Waals surface area (Å²) in [7, 11) is -3.78. The number of carbonyl (C=O) groups is 1. The summed E-state index contributed by atoms with van der Waals surface area (Å²) in [5.41, 5.74) is 5.89. The van der Waals surface area contributed by atoms with E-state index in [9.17, 15) is 13.2 Å². The quantitative estimate of drug-likeness (QED) is 0.873. The van der Waals surface area contributed by atoms with Crippen molar-refractivity contribution in [3.63, 3.8) is 0 Å². The molecule has 4 rings (SSSR count). The average molecular weight is 373 g/mol. The number of nitrogens with one attached hydrogen (secondary N) is 1. The molecule has 1 heterocycles. The highest BCUT2D eigenvalue weighted by Crippen LogP contribution is 2.38. The predicted octanol–water partition coefficient (Wildman–Crippen LogP) is 3.23. The summed E-state index contributed by atoms with van der Waals surface area (Å²) < 4.78 is 30.3. The lowest BCUT2D eigenvalue weighted by Crippen LogP contribution is -2.24. The topological polar surface area (TPSA) is 76.4 Å². The number of aryl methyl sites for hydroxylation is 3. The van der Waals surface area contributed by atoms with Crippen LogP contribution in [-0.4, -0.2) is 20.1 Å². The smallest absolute Gasteiger partial charge is 0.240 e. The van der Waals surface area contributed by atoms with Crippen LogP contribution < -0.4 is 5.32 Å². The summed E-state index contributed by atoms with van der Waals surface area (Å²) in [6, 6.07) is 5.35. The molecular formula is C20H23NO4S. The maximum absolute atomic E-state index is 12.5. The van der Waals surface area contributed by atoms with Gasteiger partial charge in [-0.15, -0.1) is 0 Å². The molecule has 1 N–H and O–H groups in total. The first-order valence-electron chi connectivity index (χ1n) is 9.25. The molecule has 0 fully saturated rings. The van der Waals surface area contributed by atoms with Crippen LogP contribution in [-0.2, 0) is 46.7 Å². The van der Waals surface area contributed by atoms with Crippen molar-refractivity contribution in [3.05, 3.63) is 46.2 Å². The zero-order chi connectivity index (χ0) is 18.3. The Labute approximate surface area is 153 Å². The second kappa shape index (κ2) is 6.58. The van der Waals surface area contributed by atoms with E-state index in [1.54, 1.807) is 6.07 Å². The Morgan fingerprint density at radius 3 is 2.31 bits per heavy atom. The third kappa shape index (κ3) is 3.07. The Hall–Kier alpha value is -2.08. The van der Waals surface area contributed by atoms with E-state index in [-0.39, 0.29) is 5.09 Å². The molecule has 5 nitrogen and oxygen atoms in total. The molecule has 6 heteroatoms. The van der Waals surface area contributed by atoms with Crippen LogP contribution in [0, 0.1) is 0 Å². The molecule has 0 spiro atoms. The second-order valence-corrected chi connectivity index (χ2v) is 9.04. The minimum Gasteiger partial charge on any atom is -0.450 e. The van der Waals surface area contributed by atoms with Crippen molar-refractivity contribution in [1.29, 1.82) is 0 Å². The third-order valence-electron chi connectivity index (χ3n) is 5.35. The van der Waals surface area contributed by atoms with Crippen LogP contribution in [0.2, 0.25) is 0 Å². The van der Waals surface area contributed by atoms with Gasteiger partial charge < -0.3 is 9.73 Å². The number of hydrogen-bond acceptors (Lipinski definition) is 4. The minimum atomic E-state index is -3.78. The zero-order valence-corrected chi connectivity index (χ0v) is 15.7. The van der Waals surface area contributed by atoms with Crippen LogP contribution in [0.5, 0.6) is 0 Å². The Morgan fingerprint density at radius 2 is 1.73 bits per heavy atom. The van der Waals surface area contributed by atoms with Crippen molar-refractivity contribution in [2.45, 2.75) is 57.0 Å². The first kappa shape index (κ1) is 17.3. The molecule has 2 aliphatic carbocycles. The van der Waals surface area contributed by atoms with E-state index in [0.717, 1.165) is 44.2 Å². The summed E-state index contributed by atoms with van der Waals surface area (Å²) in [6.07, 6.45) is 6.76. The fourth-order valence-corrected chi connectivity index (χ4v) is 5.17. The fourth-order valence-electron chi connectivity index (χ4n) is 4.10. The van der Waals surface area contributed by atoms with Gasteiger partial charge in [-0.2, -0.15) is 0 Å². The number of carbonyl (C=O) groups excluding carboxylic acids is 1. The number of fused-ring (bicyclic) bond motifs is 2. The van der Waals surface area contributed by atoms with Gasteiger partial charge in [0.05, 0.1) is 0 Å². The Kier molecular flexibility index (Phi) is 4.39. The molecule has 2 aliphatic rings. The highest BCUT2D eigenvalue weighted by Gasteiger charge is 2.27. The maximum atomic E-state index is 12.5. The van der Waals surface area contributed by atoms with Crippen LogP contribution in [0.3, 0.4) is 0 Å². The van der Waals surface area contributed by atoms with Crippen molar-refractivity contribution in [2.24, 2.45) is 0 Å². The molecule has 138 valence electrons. The molecule has 0 saturated heterocycles. The number of hydrogen-bond donors (Lipinski definition) is 1. The molecule has 0 unspecified atom stereocenters. The van der Waals surface area contributed by atoms with E-state index in [4.69, 9.17) is 4.42 Å². The van der Waals surface area contributed by atoms with Crippen LogP contribution >= 0.6 is 0 Å². The second-order valence-electron chi connectivity index (χ2n) is 7.12. The number of furan rings is 1. The molecule has 2 aromatic rings. The third-order valence-corrected chi connectivity index (χ3v) is 6.83. The highest BCUT2D eigenvalue weighted by molar-refractivity contribution is 7.92. The standard InChI is InChI=1S/C20H23NO4S/c1-2-15-9-10-19(25-15)26(23,24)12-18(22)21-20-16-7-3-5-13(16)11-14-6-4-8-17(14)20/h9-11H,2-8,12H2,1H3,(H,21,22). The van der Waals surface area contributed by atoms with Gasteiger partial charge in [0.25, 0.3) is 0 Å². The van der Waals surface area contributed by atoms with Crippen molar-refractivity contribution < 1.29 is 17.6 Å². The lowest BCUT2D eigenvalue weighted by atomic mass is 9.98. The van der Waals surface area contributed by atoms with Gasteiger partial charge in [-0.3, -0.25) is 4.79 Å². The van der Waals surface area contributed by atoms with E-state index < -0.39 is 21.5 Å². The maximum Gasteiger partial charge on any atom is 0.240 e. The zero-order valence-electron chi connectivity index (χ0n) is 14.9. The molecule has 1 aromatic carbocycles. The molecular weight excluding hydrogens is 350 g/mol. The number of sulfone groups is 1. The predicted molar refractivity (Wildman–Crippen MR) is 99.3 cm³/mol. The van der Waals surface area contributed by atoms with Gasteiger partial charge in [0.2, 0.25) is 20.8 Å². The summed E-state index contributed by atoms with van der Waals surface area (Å²) in [6.45, 7) is 1.89. The SMILES string of the molecule is CCc1ccc(S(=O)(=O)CC(=O)Nc2c3c(cc4c2CCC4)CCC3)o1. The number of rotatable bonds is 5. The fraction of sp³-hybridized carbons (Fsp3) is 0.450. The molecule has 1 amide bonds. The number of anilines is 1. The van der Waals surface area contributed by atoms with E-state index in [1.165, 1.54) is 28.3 Å². The van der Waals surface area contributed by atoms with Crippen molar-refractivity contribution in [1.82, 2.24) is 0 Å². The van der Waals surface area contributed by atoms with Gasteiger partial charge in [-0.05, 0) is 72.9 Å². The Morgan fingerprint density at radius 1 is 1.08 bits per heavy atom. The van der Waals surface area contributed by atoms with Crippen LogP contribution in [0.1, 0.15) is 47.8 Å². The lowest BCUT2D eigenvalue weighted by molar-refractivity contribution is -0.113. The molecule has 1 aromatic heterocycles. The van der Waals surface area contributed by atoms with Crippen molar-refractivity contribution in [2.75, 3.05) is 11.1 Å². The molecule has 26 heavy (non-hydrogen) atoms. The number of amides is 1. The summed E-state index contributed by atoms with van der Waals surface area (Å²) in [5.74, 6) is -0.487. The van der Waals surface area contributed by atoms with E-state index >= 15 is 0 Å². The number of benzene rings is 1. The van der Waals surface area contributed by atoms with Crippen molar-refractivity contribution in [3.8, 4) is 0 Å². The van der Waals surface area contributed by atoms with Crippen LogP contribution in [0.4, 0.5) is 5.69 Å².